The molecule has 9 heteroatoms. The van der Waals surface area contributed by atoms with Gasteiger partial charge < -0.3 is 10.6 Å². The Kier molecular flexibility index (Phi) is 5.75. The Bertz CT molecular complexity index is 1080. The first-order valence-electron chi connectivity index (χ1n) is 9.76. The Morgan fingerprint density at radius 3 is 2.52 bits per heavy atom. The average Bonchev–Trinajstić information content (AvgIpc) is 2.78. The molecule has 2 aromatic carbocycles. The first kappa shape index (κ1) is 21.0. The highest BCUT2D eigenvalue weighted by molar-refractivity contribution is 6.33. The van der Waals surface area contributed by atoms with Crippen molar-refractivity contribution in [3.63, 3.8) is 0 Å². The summed E-state index contributed by atoms with van der Waals surface area (Å²) in [7, 11) is 0. The van der Waals surface area contributed by atoms with Crippen LogP contribution in [0.3, 0.4) is 0 Å². The molecule has 2 heterocycles. The van der Waals surface area contributed by atoms with Gasteiger partial charge in [0.15, 0.2) is 0 Å². The van der Waals surface area contributed by atoms with Gasteiger partial charge in [0.25, 0.3) is 0 Å². The van der Waals surface area contributed by atoms with Crippen molar-refractivity contribution in [2.45, 2.75) is 6.17 Å². The summed E-state index contributed by atoms with van der Waals surface area (Å²) in [5.41, 5.74) is 7.76. The molecule has 2 aromatic rings. The highest BCUT2D eigenvalue weighted by Gasteiger charge is 2.36. The van der Waals surface area contributed by atoms with E-state index >= 15 is 0 Å². The van der Waals surface area contributed by atoms with E-state index in [0.29, 0.717) is 53.6 Å². The monoisotopic (exact) mass is 441 g/mol. The molecule has 4 rings (SSSR count). The van der Waals surface area contributed by atoms with E-state index in [1.807, 2.05) is 4.90 Å². The fourth-order valence-electron chi connectivity index (χ4n) is 3.99. The molecular weight excluding hydrogens is 421 g/mol. The summed E-state index contributed by atoms with van der Waals surface area (Å²) in [5.74, 6) is -0.517. The molecule has 2 aliphatic rings. The SMILES string of the molecule is C=CC(=O)N1CCN(C2c3cc(Cl)c(-c4ccccc4F)cc3N=CN2C(N)=O)CC1. The quantitative estimate of drug-likeness (QED) is 0.740. The smallest absolute Gasteiger partial charge is 0.321 e. The Balaban J connectivity index is 1.72. The number of carbonyl (C=O) groups is 2. The van der Waals surface area contributed by atoms with Gasteiger partial charge in [-0.05, 0) is 24.3 Å². The fraction of sp³-hybridized carbons (Fsp3) is 0.227. The van der Waals surface area contributed by atoms with E-state index in [1.54, 1.807) is 35.2 Å². The summed E-state index contributed by atoms with van der Waals surface area (Å²) < 4.78 is 14.3. The van der Waals surface area contributed by atoms with Gasteiger partial charge in [-0.1, -0.05) is 36.4 Å². The van der Waals surface area contributed by atoms with Crippen LogP contribution in [0, 0.1) is 5.82 Å². The van der Waals surface area contributed by atoms with Crippen LogP contribution in [0.4, 0.5) is 14.9 Å². The first-order chi connectivity index (χ1) is 14.9. The summed E-state index contributed by atoms with van der Waals surface area (Å²) in [4.78, 5) is 33.5. The summed E-state index contributed by atoms with van der Waals surface area (Å²) in [6, 6.07) is 9.14. The molecule has 0 saturated carbocycles. The number of nitrogens with two attached hydrogens (primary N) is 1. The summed E-state index contributed by atoms with van der Waals surface area (Å²) in [6.45, 7) is 5.54. The van der Waals surface area contributed by atoms with Gasteiger partial charge in [-0.2, -0.15) is 0 Å². The van der Waals surface area contributed by atoms with E-state index < -0.39 is 12.2 Å². The highest BCUT2D eigenvalue weighted by atomic mass is 35.5. The van der Waals surface area contributed by atoms with Crippen molar-refractivity contribution >= 4 is 35.6 Å². The number of piperazine rings is 1. The zero-order valence-electron chi connectivity index (χ0n) is 16.7. The van der Waals surface area contributed by atoms with Gasteiger partial charge in [0, 0.05) is 47.9 Å². The fourth-order valence-corrected chi connectivity index (χ4v) is 4.26. The topological polar surface area (TPSA) is 82.2 Å². The second kappa shape index (κ2) is 8.49. The van der Waals surface area contributed by atoms with Crippen molar-refractivity contribution in [2.75, 3.05) is 26.2 Å². The molecule has 1 unspecified atom stereocenters. The van der Waals surface area contributed by atoms with Crippen LogP contribution in [-0.4, -0.2) is 59.2 Å². The van der Waals surface area contributed by atoms with Gasteiger partial charge in [-0.3, -0.25) is 14.6 Å². The van der Waals surface area contributed by atoms with Crippen molar-refractivity contribution in [1.29, 1.82) is 0 Å². The number of amides is 3. The van der Waals surface area contributed by atoms with Crippen LogP contribution in [-0.2, 0) is 4.79 Å². The Labute approximate surface area is 184 Å². The first-order valence-corrected chi connectivity index (χ1v) is 10.1. The second-order valence-corrected chi connectivity index (χ2v) is 7.71. The van der Waals surface area contributed by atoms with E-state index in [-0.39, 0.29) is 11.7 Å². The lowest BCUT2D eigenvalue weighted by molar-refractivity contribution is -0.128. The molecule has 1 fully saturated rings. The predicted octanol–water partition coefficient (Wildman–Crippen LogP) is 3.53. The van der Waals surface area contributed by atoms with Crippen LogP contribution in [0.2, 0.25) is 5.02 Å². The largest absolute Gasteiger partial charge is 0.351 e. The van der Waals surface area contributed by atoms with Crippen LogP contribution >= 0.6 is 11.6 Å². The number of urea groups is 1. The lowest BCUT2D eigenvalue weighted by atomic mass is 9.98. The van der Waals surface area contributed by atoms with E-state index in [2.05, 4.69) is 11.6 Å². The van der Waals surface area contributed by atoms with Crippen LogP contribution in [0.1, 0.15) is 11.7 Å². The maximum Gasteiger partial charge on any atom is 0.321 e. The third kappa shape index (κ3) is 3.92. The molecule has 0 aromatic heterocycles. The average molecular weight is 442 g/mol. The zero-order valence-corrected chi connectivity index (χ0v) is 17.4. The lowest BCUT2D eigenvalue weighted by Crippen LogP contribution is -2.54. The summed E-state index contributed by atoms with van der Waals surface area (Å²) >= 11 is 6.55. The minimum absolute atomic E-state index is 0.130. The summed E-state index contributed by atoms with van der Waals surface area (Å²) in [5, 5.41) is 0.343. The molecule has 0 bridgehead atoms. The maximum absolute atomic E-state index is 14.3. The molecule has 7 nitrogen and oxygen atoms in total. The number of fused-ring (bicyclic) bond motifs is 1. The Morgan fingerprint density at radius 1 is 1.16 bits per heavy atom. The molecular formula is C22H21ClFN5O2. The number of aliphatic imine (C=N–C) groups is 1. The normalized spacial score (nSPS) is 18.6. The lowest BCUT2D eigenvalue weighted by Gasteiger charge is -2.43. The van der Waals surface area contributed by atoms with Crippen LogP contribution in [0.5, 0.6) is 0 Å². The number of primary amides is 1. The number of rotatable bonds is 3. The number of hydrogen-bond acceptors (Lipinski definition) is 4. The number of benzene rings is 2. The molecule has 160 valence electrons. The van der Waals surface area contributed by atoms with Gasteiger partial charge in [-0.25, -0.2) is 14.2 Å². The summed E-state index contributed by atoms with van der Waals surface area (Å²) in [6.07, 6.45) is 2.14. The molecule has 0 aliphatic carbocycles. The molecule has 2 N–H and O–H groups in total. The standard InChI is InChI=1S/C22H21ClFN5O2/c1-2-20(30)27-7-9-28(10-8-27)21-16-11-17(23)15(14-5-3-4-6-18(14)24)12-19(16)26-13-29(21)22(25)31/h2-6,11-13,21H,1,7-10H2,(H2,25,31). The van der Waals surface area contributed by atoms with Crippen molar-refractivity contribution in [2.24, 2.45) is 10.7 Å². The predicted molar refractivity (Wildman–Crippen MR) is 118 cm³/mol. The molecule has 0 spiro atoms. The number of halogens is 2. The molecule has 2 aliphatic heterocycles. The zero-order chi connectivity index (χ0) is 22.1. The third-order valence-electron chi connectivity index (χ3n) is 5.54. The Hall–Kier alpha value is -3.23. The van der Waals surface area contributed by atoms with Gasteiger partial charge >= 0.3 is 6.03 Å². The van der Waals surface area contributed by atoms with E-state index in [0.717, 1.165) is 0 Å². The van der Waals surface area contributed by atoms with Crippen LogP contribution in [0.15, 0.2) is 54.0 Å². The Morgan fingerprint density at radius 2 is 1.87 bits per heavy atom. The van der Waals surface area contributed by atoms with Gasteiger partial charge in [0.1, 0.15) is 18.3 Å². The van der Waals surface area contributed by atoms with Crippen LogP contribution < -0.4 is 5.73 Å². The van der Waals surface area contributed by atoms with Crippen molar-refractivity contribution in [3.8, 4) is 11.1 Å². The number of hydrogen-bond donors (Lipinski definition) is 1. The minimum Gasteiger partial charge on any atom is -0.351 e. The van der Waals surface area contributed by atoms with Crippen molar-refractivity contribution in [3.05, 3.63) is 65.5 Å². The van der Waals surface area contributed by atoms with Gasteiger partial charge in [0.05, 0.1) is 5.69 Å². The van der Waals surface area contributed by atoms with Crippen molar-refractivity contribution in [1.82, 2.24) is 14.7 Å². The van der Waals surface area contributed by atoms with E-state index in [4.69, 9.17) is 17.3 Å². The molecule has 1 atom stereocenters. The molecule has 3 amide bonds. The highest BCUT2D eigenvalue weighted by Crippen LogP contribution is 2.42. The second-order valence-electron chi connectivity index (χ2n) is 7.30. The maximum atomic E-state index is 14.3. The van der Waals surface area contributed by atoms with E-state index in [9.17, 15) is 14.0 Å². The third-order valence-corrected chi connectivity index (χ3v) is 5.86. The number of carbonyl (C=O) groups excluding carboxylic acids is 2. The van der Waals surface area contributed by atoms with Gasteiger partial charge in [-0.15, -0.1) is 0 Å². The number of nitrogens with zero attached hydrogens (tertiary/aromatic N) is 4. The van der Waals surface area contributed by atoms with Crippen LogP contribution in [0.25, 0.3) is 11.1 Å². The van der Waals surface area contributed by atoms with Crippen molar-refractivity contribution < 1.29 is 14.0 Å². The molecule has 0 radical (unpaired) electrons. The molecule has 1 saturated heterocycles. The van der Waals surface area contributed by atoms with Gasteiger partial charge in [0.2, 0.25) is 5.91 Å². The minimum atomic E-state index is -0.654. The van der Waals surface area contributed by atoms with E-state index in [1.165, 1.54) is 23.4 Å². The molecule has 31 heavy (non-hydrogen) atoms.